The monoisotopic (exact) mass is 289 g/mol. The van der Waals surface area contributed by atoms with Crippen molar-refractivity contribution in [3.8, 4) is 11.1 Å². The summed E-state index contributed by atoms with van der Waals surface area (Å²) in [5.74, 6) is 0.816. The van der Waals surface area contributed by atoms with Gasteiger partial charge in [-0.3, -0.25) is 4.98 Å². The van der Waals surface area contributed by atoms with Crippen molar-refractivity contribution in [2.75, 3.05) is 6.61 Å². The summed E-state index contributed by atoms with van der Waals surface area (Å²) < 4.78 is 5.72. The van der Waals surface area contributed by atoms with E-state index in [1.54, 1.807) is 0 Å². The number of aromatic nitrogens is 1. The number of aliphatic hydroxyl groups is 1. The second kappa shape index (κ2) is 5.28. The van der Waals surface area contributed by atoms with Gasteiger partial charge in [-0.2, -0.15) is 0 Å². The van der Waals surface area contributed by atoms with E-state index in [0.717, 1.165) is 27.7 Å². The summed E-state index contributed by atoms with van der Waals surface area (Å²) in [4.78, 5) is 4.18. The van der Waals surface area contributed by atoms with E-state index in [4.69, 9.17) is 9.52 Å². The molecule has 0 fully saturated rings. The predicted molar refractivity (Wildman–Crippen MR) is 87.7 cm³/mol. The molecular formula is C19H15NO2. The lowest BCUT2D eigenvalue weighted by molar-refractivity contribution is 0.289. The van der Waals surface area contributed by atoms with E-state index in [-0.39, 0.29) is 6.61 Å². The van der Waals surface area contributed by atoms with Gasteiger partial charge in [-0.25, -0.2) is 0 Å². The molecule has 22 heavy (non-hydrogen) atoms. The smallest absolute Gasteiger partial charge is 0.134 e. The number of fused-ring (bicyclic) bond motifs is 2. The maximum Gasteiger partial charge on any atom is 0.134 e. The van der Waals surface area contributed by atoms with Crippen LogP contribution in [0.1, 0.15) is 5.76 Å². The van der Waals surface area contributed by atoms with Crippen molar-refractivity contribution in [3.63, 3.8) is 0 Å². The lowest BCUT2D eigenvalue weighted by Crippen LogP contribution is -1.85. The molecule has 3 nitrogen and oxygen atoms in total. The van der Waals surface area contributed by atoms with Gasteiger partial charge < -0.3 is 9.52 Å². The van der Waals surface area contributed by atoms with Crippen LogP contribution < -0.4 is 0 Å². The van der Waals surface area contributed by atoms with E-state index >= 15 is 0 Å². The van der Waals surface area contributed by atoms with Gasteiger partial charge in [0.1, 0.15) is 11.3 Å². The fourth-order valence-corrected chi connectivity index (χ4v) is 2.87. The maximum atomic E-state index is 9.03. The molecule has 2 aromatic heterocycles. The number of rotatable bonds is 3. The van der Waals surface area contributed by atoms with Gasteiger partial charge in [-0.1, -0.05) is 24.3 Å². The summed E-state index contributed by atoms with van der Waals surface area (Å²) in [6, 6.07) is 16.5. The number of hydrogen-bond acceptors (Lipinski definition) is 3. The summed E-state index contributed by atoms with van der Waals surface area (Å²) in [5.41, 5.74) is 3.20. The van der Waals surface area contributed by atoms with Gasteiger partial charge >= 0.3 is 0 Å². The Morgan fingerprint density at radius 3 is 2.86 bits per heavy atom. The molecule has 0 aliphatic heterocycles. The summed E-state index contributed by atoms with van der Waals surface area (Å²) in [5, 5.41) is 12.4. The lowest BCUT2D eigenvalue weighted by Gasteiger charge is -2.06. The molecular weight excluding hydrogens is 274 g/mol. The van der Waals surface area contributed by atoms with Gasteiger partial charge in [0.05, 0.1) is 6.61 Å². The summed E-state index contributed by atoms with van der Waals surface area (Å²) >= 11 is 0. The van der Waals surface area contributed by atoms with Crippen molar-refractivity contribution in [1.29, 1.82) is 0 Å². The average Bonchev–Trinajstić information content (AvgIpc) is 2.96. The Bertz CT molecular complexity index is 951. The van der Waals surface area contributed by atoms with Crippen molar-refractivity contribution in [1.82, 2.24) is 4.98 Å². The SMILES string of the molecule is OCCc1cc2cc(-c3cccc4cnccc34)ccc2o1. The summed E-state index contributed by atoms with van der Waals surface area (Å²) in [6.07, 6.45) is 4.25. The van der Waals surface area contributed by atoms with Crippen molar-refractivity contribution in [3.05, 3.63) is 66.7 Å². The first-order valence-corrected chi connectivity index (χ1v) is 7.31. The van der Waals surface area contributed by atoms with Crippen LogP contribution in [0.5, 0.6) is 0 Å². The molecule has 3 heteroatoms. The zero-order valence-corrected chi connectivity index (χ0v) is 12.0. The predicted octanol–water partition coefficient (Wildman–Crippen LogP) is 4.18. The number of furan rings is 1. The molecule has 108 valence electrons. The van der Waals surface area contributed by atoms with E-state index in [1.165, 1.54) is 10.9 Å². The molecule has 0 aliphatic carbocycles. The molecule has 0 saturated carbocycles. The van der Waals surface area contributed by atoms with Gasteiger partial charge in [0.2, 0.25) is 0 Å². The Morgan fingerprint density at radius 2 is 1.95 bits per heavy atom. The van der Waals surface area contributed by atoms with Gasteiger partial charge in [0, 0.05) is 29.6 Å². The molecule has 0 radical (unpaired) electrons. The van der Waals surface area contributed by atoms with Crippen molar-refractivity contribution >= 4 is 21.7 Å². The number of aliphatic hydroxyl groups excluding tert-OH is 1. The van der Waals surface area contributed by atoms with Crippen LogP contribution in [0, 0.1) is 0 Å². The number of nitrogens with zero attached hydrogens (tertiary/aromatic N) is 1. The van der Waals surface area contributed by atoms with Gasteiger partial charge in [-0.15, -0.1) is 0 Å². The Kier molecular flexibility index (Phi) is 3.13. The van der Waals surface area contributed by atoms with Crippen LogP contribution in [0.3, 0.4) is 0 Å². The van der Waals surface area contributed by atoms with E-state index in [0.29, 0.717) is 6.42 Å². The summed E-state index contributed by atoms with van der Waals surface area (Å²) in [6.45, 7) is 0.100. The van der Waals surface area contributed by atoms with Crippen LogP contribution in [0.15, 0.2) is 65.3 Å². The van der Waals surface area contributed by atoms with Crippen LogP contribution in [0.2, 0.25) is 0 Å². The minimum absolute atomic E-state index is 0.100. The molecule has 2 heterocycles. The highest BCUT2D eigenvalue weighted by molar-refractivity contribution is 5.98. The van der Waals surface area contributed by atoms with E-state index in [9.17, 15) is 0 Å². The zero-order chi connectivity index (χ0) is 14.9. The van der Waals surface area contributed by atoms with Crippen LogP contribution in [0.4, 0.5) is 0 Å². The van der Waals surface area contributed by atoms with Crippen LogP contribution in [-0.4, -0.2) is 16.7 Å². The fourth-order valence-electron chi connectivity index (χ4n) is 2.87. The second-order valence-electron chi connectivity index (χ2n) is 5.34. The number of hydrogen-bond donors (Lipinski definition) is 1. The van der Waals surface area contributed by atoms with Crippen molar-refractivity contribution in [2.24, 2.45) is 0 Å². The normalized spacial score (nSPS) is 11.3. The first-order valence-electron chi connectivity index (χ1n) is 7.31. The van der Waals surface area contributed by atoms with E-state index < -0.39 is 0 Å². The Hall–Kier alpha value is -2.65. The first-order chi connectivity index (χ1) is 10.8. The Balaban J connectivity index is 1.89. The molecule has 0 saturated heterocycles. The highest BCUT2D eigenvalue weighted by Gasteiger charge is 2.08. The molecule has 4 aromatic rings. The topological polar surface area (TPSA) is 46.3 Å². The molecule has 1 N–H and O–H groups in total. The second-order valence-corrected chi connectivity index (χ2v) is 5.34. The van der Waals surface area contributed by atoms with Gasteiger partial charge in [0.25, 0.3) is 0 Å². The third kappa shape index (κ3) is 2.16. The number of pyridine rings is 1. The van der Waals surface area contributed by atoms with E-state index in [2.05, 4.69) is 35.3 Å². The molecule has 0 amide bonds. The summed E-state index contributed by atoms with van der Waals surface area (Å²) in [7, 11) is 0. The quantitative estimate of drug-likeness (QED) is 0.615. The van der Waals surface area contributed by atoms with Crippen LogP contribution in [-0.2, 0) is 6.42 Å². The fraction of sp³-hybridized carbons (Fsp3) is 0.105. The third-order valence-corrected chi connectivity index (χ3v) is 3.92. The minimum Gasteiger partial charge on any atom is -0.461 e. The minimum atomic E-state index is 0.100. The molecule has 0 unspecified atom stereocenters. The first kappa shape index (κ1) is 13.0. The van der Waals surface area contributed by atoms with Crippen molar-refractivity contribution in [2.45, 2.75) is 6.42 Å². The van der Waals surface area contributed by atoms with E-state index in [1.807, 2.05) is 30.6 Å². The largest absolute Gasteiger partial charge is 0.461 e. The number of benzene rings is 2. The lowest BCUT2D eigenvalue weighted by atomic mass is 9.98. The van der Waals surface area contributed by atoms with Gasteiger partial charge in [0.15, 0.2) is 0 Å². The van der Waals surface area contributed by atoms with Crippen LogP contribution in [0.25, 0.3) is 32.9 Å². The third-order valence-electron chi connectivity index (χ3n) is 3.92. The van der Waals surface area contributed by atoms with Crippen molar-refractivity contribution < 1.29 is 9.52 Å². The molecule has 0 spiro atoms. The molecule has 0 atom stereocenters. The molecule has 2 aromatic carbocycles. The maximum absolute atomic E-state index is 9.03. The van der Waals surface area contributed by atoms with Gasteiger partial charge in [-0.05, 0) is 40.8 Å². The Labute approximate surface area is 127 Å². The molecule has 4 rings (SSSR count). The Morgan fingerprint density at radius 1 is 1.00 bits per heavy atom. The zero-order valence-electron chi connectivity index (χ0n) is 12.0. The van der Waals surface area contributed by atoms with Crippen LogP contribution >= 0.6 is 0 Å². The average molecular weight is 289 g/mol. The molecule has 0 aliphatic rings. The standard InChI is InChI=1S/C19H15NO2/c21-9-7-16-11-15-10-13(4-5-19(15)22-16)17-3-1-2-14-12-20-8-6-18(14)17/h1-6,8,10-12,21H,7,9H2. The highest BCUT2D eigenvalue weighted by Crippen LogP contribution is 2.31. The molecule has 0 bridgehead atoms. The highest BCUT2D eigenvalue weighted by atomic mass is 16.3.